The lowest BCUT2D eigenvalue weighted by Crippen LogP contribution is -2.39. The molecule has 1 aliphatic rings. The van der Waals surface area contributed by atoms with E-state index in [4.69, 9.17) is 9.47 Å². The molecule has 0 spiro atoms. The number of benzene rings is 1. The summed E-state index contributed by atoms with van der Waals surface area (Å²) in [7, 11) is 7.20. The average Bonchev–Trinajstić information content (AvgIpc) is 3.13. The van der Waals surface area contributed by atoms with Crippen molar-refractivity contribution in [3.8, 4) is 11.5 Å². The SMILES string of the molecule is CN=C(NCc1ccnc(N2CCCCCC2)c1)N(C)CCc1ccc(OC)c(OC)c1.I. The first-order valence-electron chi connectivity index (χ1n) is 11.5. The van der Waals surface area contributed by atoms with Crippen LogP contribution in [0.25, 0.3) is 0 Å². The van der Waals surface area contributed by atoms with E-state index in [9.17, 15) is 0 Å². The van der Waals surface area contributed by atoms with Gasteiger partial charge in [-0.1, -0.05) is 18.9 Å². The molecule has 7 nitrogen and oxygen atoms in total. The van der Waals surface area contributed by atoms with Gasteiger partial charge in [0.25, 0.3) is 0 Å². The average molecular weight is 568 g/mol. The van der Waals surface area contributed by atoms with E-state index in [2.05, 4.69) is 50.3 Å². The number of aromatic nitrogens is 1. The van der Waals surface area contributed by atoms with Crippen molar-refractivity contribution >= 4 is 35.8 Å². The summed E-state index contributed by atoms with van der Waals surface area (Å²) in [6.45, 7) is 3.76. The number of hydrogen-bond acceptors (Lipinski definition) is 5. The Kier molecular flexibility index (Phi) is 11.6. The minimum atomic E-state index is 0. The number of aliphatic imine (C=N–C) groups is 1. The molecule has 2 aromatic rings. The molecule has 1 aliphatic heterocycles. The summed E-state index contributed by atoms with van der Waals surface area (Å²) in [5.41, 5.74) is 2.41. The van der Waals surface area contributed by atoms with Crippen LogP contribution in [0.1, 0.15) is 36.8 Å². The van der Waals surface area contributed by atoms with E-state index < -0.39 is 0 Å². The fraction of sp³-hybridized carbons (Fsp3) is 0.520. The Labute approximate surface area is 215 Å². The number of hydrogen-bond donors (Lipinski definition) is 1. The molecule has 1 saturated heterocycles. The summed E-state index contributed by atoms with van der Waals surface area (Å²) in [6, 6.07) is 10.3. The number of ether oxygens (including phenoxy) is 2. The highest BCUT2D eigenvalue weighted by Crippen LogP contribution is 2.27. The Morgan fingerprint density at radius 2 is 1.76 bits per heavy atom. The van der Waals surface area contributed by atoms with Crippen LogP contribution in [0, 0.1) is 0 Å². The van der Waals surface area contributed by atoms with Gasteiger partial charge in [0, 0.05) is 46.5 Å². The van der Waals surface area contributed by atoms with Crippen LogP contribution in [0.3, 0.4) is 0 Å². The summed E-state index contributed by atoms with van der Waals surface area (Å²) >= 11 is 0. The molecule has 0 amide bonds. The predicted molar refractivity (Wildman–Crippen MR) is 146 cm³/mol. The van der Waals surface area contributed by atoms with Crippen LogP contribution in [0.15, 0.2) is 41.5 Å². The smallest absolute Gasteiger partial charge is 0.193 e. The minimum absolute atomic E-state index is 0. The van der Waals surface area contributed by atoms with Gasteiger partial charge in [-0.25, -0.2) is 4.98 Å². The molecule has 0 radical (unpaired) electrons. The topological polar surface area (TPSA) is 62.2 Å². The number of anilines is 1. The Hall–Kier alpha value is -2.23. The quantitative estimate of drug-likeness (QED) is 0.291. The van der Waals surface area contributed by atoms with Crippen molar-refractivity contribution in [1.82, 2.24) is 15.2 Å². The zero-order valence-corrected chi connectivity index (χ0v) is 22.7. The highest BCUT2D eigenvalue weighted by atomic mass is 127. The molecular weight excluding hydrogens is 529 g/mol. The van der Waals surface area contributed by atoms with Crippen LogP contribution < -0.4 is 19.7 Å². The van der Waals surface area contributed by atoms with Crippen molar-refractivity contribution in [1.29, 1.82) is 0 Å². The lowest BCUT2D eigenvalue weighted by molar-refractivity contribution is 0.354. The number of nitrogens with one attached hydrogen (secondary N) is 1. The van der Waals surface area contributed by atoms with Crippen LogP contribution in [-0.4, -0.2) is 63.8 Å². The maximum absolute atomic E-state index is 5.42. The molecule has 1 fully saturated rings. The van der Waals surface area contributed by atoms with Gasteiger partial charge in [-0.3, -0.25) is 4.99 Å². The van der Waals surface area contributed by atoms with E-state index in [1.165, 1.54) is 36.8 Å². The van der Waals surface area contributed by atoms with Crippen molar-refractivity contribution in [3.05, 3.63) is 47.7 Å². The molecule has 0 aliphatic carbocycles. The van der Waals surface area contributed by atoms with Gasteiger partial charge in [0.2, 0.25) is 0 Å². The van der Waals surface area contributed by atoms with Crippen molar-refractivity contribution in [2.24, 2.45) is 4.99 Å². The van der Waals surface area contributed by atoms with Gasteiger partial charge in [0.1, 0.15) is 5.82 Å². The van der Waals surface area contributed by atoms with Gasteiger partial charge in [-0.05, 0) is 54.7 Å². The second-order valence-corrected chi connectivity index (χ2v) is 8.19. The summed E-state index contributed by atoms with van der Waals surface area (Å²) in [4.78, 5) is 13.6. The monoisotopic (exact) mass is 567 g/mol. The van der Waals surface area contributed by atoms with Gasteiger partial charge in [0.05, 0.1) is 14.2 Å². The molecule has 1 N–H and O–H groups in total. The van der Waals surface area contributed by atoms with Crippen LogP contribution >= 0.6 is 24.0 Å². The summed E-state index contributed by atoms with van der Waals surface area (Å²) < 4.78 is 10.7. The van der Waals surface area contributed by atoms with E-state index in [-0.39, 0.29) is 24.0 Å². The molecule has 33 heavy (non-hydrogen) atoms. The van der Waals surface area contributed by atoms with Gasteiger partial charge >= 0.3 is 0 Å². The largest absolute Gasteiger partial charge is 0.493 e. The Bertz CT molecular complexity index is 885. The van der Waals surface area contributed by atoms with Crippen molar-refractivity contribution in [2.75, 3.05) is 52.8 Å². The first-order valence-corrected chi connectivity index (χ1v) is 11.5. The number of pyridine rings is 1. The fourth-order valence-corrected chi connectivity index (χ4v) is 4.05. The number of guanidine groups is 1. The molecule has 0 saturated carbocycles. The normalized spacial score (nSPS) is 14.2. The molecule has 0 bridgehead atoms. The minimum Gasteiger partial charge on any atom is -0.493 e. The molecule has 1 aromatic carbocycles. The van der Waals surface area contributed by atoms with E-state index in [0.717, 1.165) is 55.9 Å². The summed E-state index contributed by atoms with van der Waals surface area (Å²) in [5, 5.41) is 3.49. The van der Waals surface area contributed by atoms with Crippen LogP contribution in [0.2, 0.25) is 0 Å². The molecular formula is C25H38IN5O2. The van der Waals surface area contributed by atoms with Crippen LogP contribution in [0.4, 0.5) is 5.82 Å². The molecule has 0 unspecified atom stereocenters. The van der Waals surface area contributed by atoms with Gasteiger partial charge in [-0.15, -0.1) is 24.0 Å². The number of halogens is 1. The third-order valence-corrected chi connectivity index (χ3v) is 5.95. The molecule has 3 rings (SSSR count). The highest BCUT2D eigenvalue weighted by Gasteiger charge is 2.12. The highest BCUT2D eigenvalue weighted by molar-refractivity contribution is 14.0. The third-order valence-electron chi connectivity index (χ3n) is 5.95. The lowest BCUT2D eigenvalue weighted by Gasteiger charge is -2.23. The number of methoxy groups -OCH3 is 2. The van der Waals surface area contributed by atoms with Crippen molar-refractivity contribution in [3.63, 3.8) is 0 Å². The fourth-order valence-electron chi connectivity index (χ4n) is 4.05. The van der Waals surface area contributed by atoms with Gasteiger partial charge < -0.3 is 24.6 Å². The molecule has 182 valence electrons. The standard InChI is InChI=1S/C25H37N5O2.HI/c1-26-25(29(2)16-12-20-9-10-22(31-3)23(17-20)32-4)28-19-21-11-13-27-24(18-21)30-14-7-5-6-8-15-30;/h9-11,13,17-18H,5-8,12,14-16,19H2,1-4H3,(H,26,28);1H. The molecule has 8 heteroatoms. The van der Waals surface area contributed by atoms with E-state index >= 15 is 0 Å². The Balaban J connectivity index is 0.00000385. The lowest BCUT2D eigenvalue weighted by atomic mass is 10.1. The second-order valence-electron chi connectivity index (χ2n) is 8.19. The maximum atomic E-state index is 5.42. The molecule has 1 aromatic heterocycles. The first-order chi connectivity index (χ1) is 15.6. The summed E-state index contributed by atoms with van der Waals surface area (Å²) in [5.74, 6) is 3.47. The van der Waals surface area contributed by atoms with Gasteiger partial charge in [-0.2, -0.15) is 0 Å². The zero-order valence-electron chi connectivity index (χ0n) is 20.3. The second kappa shape index (κ2) is 14.1. The number of likely N-dealkylation sites (N-methyl/N-ethyl adjacent to an activating group) is 1. The zero-order chi connectivity index (χ0) is 22.8. The number of rotatable bonds is 8. The van der Waals surface area contributed by atoms with E-state index in [1.54, 1.807) is 14.2 Å². The third kappa shape index (κ3) is 7.94. The van der Waals surface area contributed by atoms with Crippen LogP contribution in [0.5, 0.6) is 11.5 Å². The van der Waals surface area contributed by atoms with E-state index in [0.29, 0.717) is 0 Å². The van der Waals surface area contributed by atoms with Crippen molar-refractivity contribution in [2.45, 2.75) is 38.6 Å². The first kappa shape index (κ1) is 27.0. The van der Waals surface area contributed by atoms with Crippen molar-refractivity contribution < 1.29 is 9.47 Å². The number of nitrogens with zero attached hydrogens (tertiary/aromatic N) is 4. The molecule has 2 heterocycles. The van der Waals surface area contributed by atoms with E-state index in [1.807, 2.05) is 25.4 Å². The summed E-state index contributed by atoms with van der Waals surface area (Å²) in [6.07, 6.45) is 7.95. The van der Waals surface area contributed by atoms with Crippen LogP contribution in [-0.2, 0) is 13.0 Å². The Morgan fingerprint density at radius 1 is 1.03 bits per heavy atom. The maximum Gasteiger partial charge on any atom is 0.193 e. The molecule has 0 atom stereocenters. The predicted octanol–water partition coefficient (Wildman–Crippen LogP) is 4.35. The van der Waals surface area contributed by atoms with Gasteiger partial charge in [0.15, 0.2) is 17.5 Å². The Morgan fingerprint density at radius 3 is 2.42 bits per heavy atom.